The van der Waals surface area contributed by atoms with E-state index in [1.54, 1.807) is 27.9 Å². The van der Waals surface area contributed by atoms with E-state index >= 15 is 0 Å². The van der Waals surface area contributed by atoms with Gasteiger partial charge in [0.2, 0.25) is 0 Å². The second kappa shape index (κ2) is 9.72. The van der Waals surface area contributed by atoms with Crippen LogP contribution in [0.5, 0.6) is 5.75 Å². The van der Waals surface area contributed by atoms with Gasteiger partial charge in [-0.2, -0.15) is 0 Å². The van der Waals surface area contributed by atoms with Crippen molar-refractivity contribution in [1.82, 2.24) is 9.47 Å². The molecular weight excluding hydrogens is 484 g/mol. The SMILES string of the molecule is CCOC(=O)[C@@H]1OC(C)(C)O[C@H]1c1cc2c(cc1OC)CCn1c-2cc2c1C(=O)N(C(C)(C)C)CCCC2. The van der Waals surface area contributed by atoms with Crippen LogP contribution < -0.4 is 4.74 Å². The number of amides is 1. The average Bonchev–Trinajstić information content (AvgIpc) is 3.37. The first kappa shape index (κ1) is 26.8. The average molecular weight is 525 g/mol. The van der Waals surface area contributed by atoms with Crippen LogP contribution in [0.3, 0.4) is 0 Å². The van der Waals surface area contributed by atoms with Crippen molar-refractivity contribution in [1.29, 1.82) is 0 Å². The zero-order chi connectivity index (χ0) is 27.4. The summed E-state index contributed by atoms with van der Waals surface area (Å²) >= 11 is 0. The van der Waals surface area contributed by atoms with E-state index < -0.39 is 24.0 Å². The number of methoxy groups -OCH3 is 1. The summed E-state index contributed by atoms with van der Waals surface area (Å²) < 4.78 is 25.5. The van der Waals surface area contributed by atoms with Gasteiger partial charge in [0.25, 0.3) is 5.91 Å². The molecule has 0 saturated carbocycles. The Bertz CT molecular complexity index is 1250. The van der Waals surface area contributed by atoms with Gasteiger partial charge >= 0.3 is 5.97 Å². The van der Waals surface area contributed by atoms with Crippen molar-refractivity contribution in [2.75, 3.05) is 20.3 Å². The summed E-state index contributed by atoms with van der Waals surface area (Å²) in [7, 11) is 1.63. The highest BCUT2D eigenvalue weighted by atomic mass is 16.8. The zero-order valence-corrected chi connectivity index (χ0v) is 23.7. The van der Waals surface area contributed by atoms with Crippen molar-refractivity contribution in [2.24, 2.45) is 0 Å². The maximum absolute atomic E-state index is 13.9. The van der Waals surface area contributed by atoms with Crippen LogP contribution in [0.25, 0.3) is 11.3 Å². The molecule has 1 amide bonds. The van der Waals surface area contributed by atoms with Gasteiger partial charge in [0, 0.05) is 35.4 Å². The van der Waals surface area contributed by atoms with E-state index in [0.717, 1.165) is 72.4 Å². The maximum atomic E-state index is 13.9. The number of nitrogens with zero attached hydrogens (tertiary/aromatic N) is 2. The second-order valence-electron chi connectivity index (χ2n) is 11.9. The van der Waals surface area contributed by atoms with Crippen LogP contribution in [-0.2, 0) is 38.4 Å². The fourth-order valence-corrected chi connectivity index (χ4v) is 6.06. The first-order chi connectivity index (χ1) is 17.9. The topological polar surface area (TPSA) is 79.2 Å². The molecule has 38 heavy (non-hydrogen) atoms. The molecule has 0 spiro atoms. The van der Waals surface area contributed by atoms with Crippen molar-refractivity contribution in [3.8, 4) is 17.0 Å². The highest BCUT2D eigenvalue weighted by Crippen LogP contribution is 2.46. The molecule has 0 N–H and O–H groups in total. The van der Waals surface area contributed by atoms with Gasteiger partial charge in [-0.1, -0.05) is 0 Å². The van der Waals surface area contributed by atoms with Gasteiger partial charge in [0.15, 0.2) is 11.9 Å². The third-order valence-corrected chi connectivity index (χ3v) is 7.77. The molecule has 1 fully saturated rings. The first-order valence-electron chi connectivity index (χ1n) is 13.7. The molecule has 3 aliphatic heterocycles. The summed E-state index contributed by atoms with van der Waals surface area (Å²) in [5.74, 6) is -0.659. The monoisotopic (exact) mass is 524 g/mol. The van der Waals surface area contributed by atoms with Crippen LogP contribution >= 0.6 is 0 Å². The second-order valence-corrected chi connectivity index (χ2v) is 11.9. The van der Waals surface area contributed by atoms with Crippen molar-refractivity contribution in [2.45, 2.75) is 97.3 Å². The van der Waals surface area contributed by atoms with Crippen LogP contribution in [-0.4, -0.2) is 59.0 Å². The number of benzene rings is 1. The molecule has 3 aliphatic rings. The van der Waals surface area contributed by atoms with Crippen LogP contribution in [0.1, 0.15) is 87.7 Å². The van der Waals surface area contributed by atoms with Gasteiger partial charge in [0.1, 0.15) is 17.5 Å². The van der Waals surface area contributed by atoms with Crippen molar-refractivity contribution in [3.05, 3.63) is 40.6 Å². The van der Waals surface area contributed by atoms with Gasteiger partial charge in [-0.05, 0) is 96.6 Å². The molecule has 8 heteroatoms. The van der Waals surface area contributed by atoms with E-state index in [-0.39, 0.29) is 18.1 Å². The standard InChI is InChI=1S/C30H40N2O6/c1-8-36-28(34)26-25(37-30(5,6)38-26)21-17-20-18(16-23(21)35-7)12-14-31-22(20)15-19-11-9-10-13-32(29(2,3)4)27(33)24(19)31/h15-17,25-26H,8-14H2,1-7H3/t25-,26+/m0/s1. The lowest BCUT2D eigenvalue weighted by Crippen LogP contribution is -2.47. The number of rotatable bonds is 4. The maximum Gasteiger partial charge on any atom is 0.338 e. The summed E-state index contributed by atoms with van der Waals surface area (Å²) in [6.07, 6.45) is 2.10. The molecule has 2 aromatic rings. The Hall–Kier alpha value is -2.84. The van der Waals surface area contributed by atoms with Crippen molar-refractivity contribution in [3.63, 3.8) is 0 Å². The summed E-state index contributed by atoms with van der Waals surface area (Å²) in [5.41, 5.74) is 5.60. The molecule has 206 valence electrons. The molecule has 0 unspecified atom stereocenters. The Morgan fingerprint density at radius 3 is 2.53 bits per heavy atom. The Morgan fingerprint density at radius 2 is 1.84 bits per heavy atom. The number of ether oxygens (including phenoxy) is 4. The minimum absolute atomic E-state index is 0.104. The van der Waals surface area contributed by atoms with E-state index in [4.69, 9.17) is 18.9 Å². The molecule has 0 aliphatic carbocycles. The number of aromatic nitrogens is 1. The number of esters is 1. The predicted molar refractivity (Wildman–Crippen MR) is 143 cm³/mol. The van der Waals surface area contributed by atoms with E-state index in [1.807, 2.05) is 11.0 Å². The van der Waals surface area contributed by atoms with E-state index in [2.05, 4.69) is 37.5 Å². The summed E-state index contributed by atoms with van der Waals surface area (Å²) in [6.45, 7) is 13.4. The fraction of sp³-hybridized carbons (Fsp3) is 0.600. The quantitative estimate of drug-likeness (QED) is 0.521. The normalized spacial score (nSPS) is 22.7. The third-order valence-electron chi connectivity index (χ3n) is 7.77. The van der Waals surface area contributed by atoms with Crippen LogP contribution in [0, 0.1) is 0 Å². The van der Waals surface area contributed by atoms with Crippen LogP contribution in [0.2, 0.25) is 0 Å². The summed E-state index contributed by atoms with van der Waals surface area (Å²) in [4.78, 5) is 28.8. The number of hydrogen-bond acceptors (Lipinski definition) is 6. The third kappa shape index (κ3) is 4.62. The number of fused-ring (bicyclic) bond motifs is 5. The van der Waals surface area contributed by atoms with Crippen LogP contribution in [0.4, 0.5) is 0 Å². The van der Waals surface area contributed by atoms with Gasteiger partial charge in [-0.3, -0.25) is 4.79 Å². The highest BCUT2D eigenvalue weighted by molar-refractivity contribution is 5.96. The summed E-state index contributed by atoms with van der Waals surface area (Å²) in [6, 6.07) is 6.28. The molecule has 5 rings (SSSR count). The van der Waals surface area contributed by atoms with Crippen molar-refractivity contribution >= 4 is 11.9 Å². The molecule has 0 radical (unpaired) electrons. The van der Waals surface area contributed by atoms with Crippen LogP contribution in [0.15, 0.2) is 18.2 Å². The number of carbonyl (C=O) groups excluding carboxylic acids is 2. The molecule has 1 saturated heterocycles. The molecular formula is C30H40N2O6. The Labute approximate surface area is 225 Å². The zero-order valence-electron chi connectivity index (χ0n) is 23.7. The minimum atomic E-state index is -0.957. The molecule has 1 aromatic carbocycles. The molecule has 1 aromatic heterocycles. The minimum Gasteiger partial charge on any atom is -0.496 e. The molecule has 8 nitrogen and oxygen atoms in total. The van der Waals surface area contributed by atoms with Gasteiger partial charge in [-0.15, -0.1) is 0 Å². The Balaban J connectivity index is 1.62. The lowest BCUT2D eigenvalue weighted by atomic mass is 9.92. The lowest BCUT2D eigenvalue weighted by Gasteiger charge is -2.37. The Kier molecular flexibility index (Phi) is 6.84. The molecule has 2 atom stereocenters. The van der Waals surface area contributed by atoms with E-state index in [9.17, 15) is 9.59 Å². The largest absolute Gasteiger partial charge is 0.496 e. The number of carbonyl (C=O) groups is 2. The van der Waals surface area contributed by atoms with Crippen molar-refractivity contribution < 1.29 is 28.5 Å². The van der Waals surface area contributed by atoms with Gasteiger partial charge < -0.3 is 28.4 Å². The summed E-state index contributed by atoms with van der Waals surface area (Å²) in [5, 5.41) is 0. The predicted octanol–water partition coefficient (Wildman–Crippen LogP) is 5.05. The lowest BCUT2D eigenvalue weighted by molar-refractivity contribution is -0.170. The van der Waals surface area contributed by atoms with E-state index in [1.165, 1.54) is 0 Å². The smallest absolute Gasteiger partial charge is 0.338 e. The van der Waals surface area contributed by atoms with Gasteiger partial charge in [-0.25, -0.2) is 4.79 Å². The van der Waals surface area contributed by atoms with Gasteiger partial charge in [0.05, 0.1) is 13.7 Å². The molecule has 4 heterocycles. The number of aryl methyl sites for hydroxylation is 2. The fourth-order valence-electron chi connectivity index (χ4n) is 6.06. The highest BCUT2D eigenvalue weighted by Gasteiger charge is 2.48. The molecule has 0 bridgehead atoms. The first-order valence-corrected chi connectivity index (χ1v) is 13.7. The Morgan fingerprint density at radius 1 is 1.08 bits per heavy atom. The van der Waals surface area contributed by atoms with E-state index in [0.29, 0.717) is 5.75 Å². The number of hydrogen-bond donors (Lipinski definition) is 0.